The molecule has 0 bridgehead atoms. The van der Waals surface area contributed by atoms with Gasteiger partial charge in [0.15, 0.2) is 0 Å². The number of nitrogens with one attached hydrogen (secondary N) is 3. The fourth-order valence-electron chi connectivity index (χ4n) is 2.91. The van der Waals surface area contributed by atoms with Crippen molar-refractivity contribution in [2.24, 2.45) is 0 Å². The first kappa shape index (κ1) is 16.3. The second kappa shape index (κ2) is 7.31. The van der Waals surface area contributed by atoms with E-state index in [1.165, 1.54) is 0 Å². The number of aromatic nitrogens is 3. The SMILES string of the molecule is COCCNC(=O)c1cnc2n1C(CNC(=O)c1cc[nH]c1)CC2. The van der Waals surface area contributed by atoms with Gasteiger partial charge in [0.1, 0.15) is 11.5 Å². The Bertz CT molecular complexity index is 707. The van der Waals surface area contributed by atoms with E-state index in [2.05, 4.69) is 20.6 Å². The molecule has 0 spiro atoms. The zero-order valence-corrected chi connectivity index (χ0v) is 13.5. The minimum Gasteiger partial charge on any atom is -0.383 e. The Hall–Kier alpha value is -2.61. The summed E-state index contributed by atoms with van der Waals surface area (Å²) >= 11 is 0. The van der Waals surface area contributed by atoms with Gasteiger partial charge in [0.2, 0.25) is 0 Å². The monoisotopic (exact) mass is 331 g/mol. The maximum absolute atomic E-state index is 12.3. The van der Waals surface area contributed by atoms with Gasteiger partial charge < -0.3 is 24.9 Å². The highest BCUT2D eigenvalue weighted by molar-refractivity contribution is 5.94. The molecule has 0 radical (unpaired) electrons. The highest BCUT2D eigenvalue weighted by Crippen LogP contribution is 2.26. The van der Waals surface area contributed by atoms with E-state index in [4.69, 9.17) is 4.74 Å². The largest absolute Gasteiger partial charge is 0.383 e. The molecule has 1 aliphatic rings. The second-order valence-corrected chi connectivity index (χ2v) is 5.68. The van der Waals surface area contributed by atoms with Crippen LogP contribution in [0.25, 0.3) is 0 Å². The molecule has 3 rings (SSSR count). The van der Waals surface area contributed by atoms with Crippen LogP contribution in [0.5, 0.6) is 0 Å². The molecule has 0 fully saturated rings. The molecule has 8 heteroatoms. The summed E-state index contributed by atoms with van der Waals surface area (Å²) in [5.41, 5.74) is 1.12. The van der Waals surface area contributed by atoms with Crippen LogP contribution in [0.2, 0.25) is 0 Å². The predicted molar refractivity (Wildman–Crippen MR) is 86.9 cm³/mol. The third-order valence-electron chi connectivity index (χ3n) is 4.12. The van der Waals surface area contributed by atoms with Gasteiger partial charge in [0.05, 0.1) is 24.4 Å². The molecule has 3 N–H and O–H groups in total. The molecular formula is C16H21N5O3. The summed E-state index contributed by atoms with van der Waals surface area (Å²) in [7, 11) is 1.59. The molecule has 24 heavy (non-hydrogen) atoms. The fraction of sp³-hybridized carbons (Fsp3) is 0.438. The van der Waals surface area contributed by atoms with E-state index in [0.717, 1.165) is 18.7 Å². The number of ether oxygens (including phenoxy) is 1. The van der Waals surface area contributed by atoms with Gasteiger partial charge in [0.25, 0.3) is 11.8 Å². The number of H-pyrrole nitrogens is 1. The van der Waals surface area contributed by atoms with E-state index in [1.807, 2.05) is 4.57 Å². The number of rotatable bonds is 7. The highest BCUT2D eigenvalue weighted by atomic mass is 16.5. The summed E-state index contributed by atoms with van der Waals surface area (Å²) in [6.07, 6.45) is 6.62. The number of hydrogen-bond acceptors (Lipinski definition) is 4. The van der Waals surface area contributed by atoms with Crippen LogP contribution < -0.4 is 10.6 Å². The molecule has 0 aromatic carbocycles. The molecule has 2 aromatic rings. The number of hydrogen-bond donors (Lipinski definition) is 3. The third kappa shape index (κ3) is 3.33. The Morgan fingerprint density at radius 3 is 3.04 bits per heavy atom. The molecule has 1 unspecified atom stereocenters. The Kier molecular flexibility index (Phi) is 4.95. The Morgan fingerprint density at radius 2 is 2.29 bits per heavy atom. The zero-order valence-electron chi connectivity index (χ0n) is 13.5. The molecule has 0 saturated carbocycles. The van der Waals surface area contributed by atoms with Crippen molar-refractivity contribution in [1.29, 1.82) is 0 Å². The Labute approximate surface area is 139 Å². The molecule has 3 heterocycles. The first-order valence-electron chi connectivity index (χ1n) is 7.95. The number of amides is 2. The highest BCUT2D eigenvalue weighted by Gasteiger charge is 2.28. The van der Waals surface area contributed by atoms with E-state index in [1.54, 1.807) is 31.8 Å². The van der Waals surface area contributed by atoms with Gasteiger partial charge in [-0.3, -0.25) is 9.59 Å². The van der Waals surface area contributed by atoms with Crippen molar-refractivity contribution in [1.82, 2.24) is 25.2 Å². The van der Waals surface area contributed by atoms with Crippen molar-refractivity contribution in [3.05, 3.63) is 41.7 Å². The molecule has 128 valence electrons. The lowest BCUT2D eigenvalue weighted by Crippen LogP contribution is -2.33. The maximum Gasteiger partial charge on any atom is 0.269 e. The lowest BCUT2D eigenvalue weighted by atomic mass is 10.2. The lowest BCUT2D eigenvalue weighted by molar-refractivity contribution is 0.0926. The third-order valence-corrected chi connectivity index (χ3v) is 4.12. The van der Waals surface area contributed by atoms with E-state index in [-0.39, 0.29) is 17.9 Å². The molecule has 2 amide bonds. The predicted octanol–water partition coefficient (Wildman–Crippen LogP) is 0.505. The van der Waals surface area contributed by atoms with Gasteiger partial charge >= 0.3 is 0 Å². The average molecular weight is 331 g/mol. The smallest absolute Gasteiger partial charge is 0.269 e. The summed E-state index contributed by atoms with van der Waals surface area (Å²) in [6.45, 7) is 1.37. The van der Waals surface area contributed by atoms with Crippen molar-refractivity contribution in [2.75, 3.05) is 26.8 Å². The quantitative estimate of drug-likeness (QED) is 0.643. The molecule has 1 aliphatic heterocycles. The molecular weight excluding hydrogens is 310 g/mol. The van der Waals surface area contributed by atoms with Crippen LogP contribution in [-0.2, 0) is 11.2 Å². The van der Waals surface area contributed by atoms with Gasteiger partial charge in [-0.2, -0.15) is 0 Å². The number of imidazole rings is 1. The minimum atomic E-state index is -0.172. The number of aryl methyl sites for hydroxylation is 1. The average Bonchev–Trinajstić information content (AvgIpc) is 3.30. The van der Waals surface area contributed by atoms with Gasteiger partial charge in [-0.25, -0.2) is 4.98 Å². The summed E-state index contributed by atoms with van der Waals surface area (Å²) < 4.78 is 6.87. The maximum atomic E-state index is 12.3. The van der Waals surface area contributed by atoms with E-state index < -0.39 is 0 Å². The molecule has 0 aliphatic carbocycles. The standard InChI is InChI=1S/C16H21N5O3/c1-24-7-6-18-16(23)13-10-19-14-3-2-12(21(13)14)9-20-15(22)11-4-5-17-8-11/h4-5,8,10,12,17H,2-3,6-7,9H2,1H3,(H,18,23)(H,20,22). The summed E-state index contributed by atoms with van der Waals surface area (Å²) in [6, 6.07) is 1.76. The van der Waals surface area contributed by atoms with E-state index in [9.17, 15) is 9.59 Å². The van der Waals surface area contributed by atoms with Crippen LogP contribution in [0.4, 0.5) is 0 Å². The number of carbonyl (C=O) groups is 2. The molecule has 0 saturated heterocycles. The molecule has 8 nitrogen and oxygen atoms in total. The summed E-state index contributed by atoms with van der Waals surface area (Å²) in [4.78, 5) is 31.5. The van der Waals surface area contributed by atoms with Crippen LogP contribution in [0.3, 0.4) is 0 Å². The van der Waals surface area contributed by atoms with Crippen molar-refractivity contribution in [3.63, 3.8) is 0 Å². The topological polar surface area (TPSA) is 101 Å². The zero-order chi connectivity index (χ0) is 16.9. The summed E-state index contributed by atoms with van der Waals surface area (Å²) in [5, 5.41) is 5.72. The first-order valence-corrected chi connectivity index (χ1v) is 7.95. The normalized spacial score (nSPS) is 16.0. The molecule has 1 atom stereocenters. The number of nitrogens with zero attached hydrogens (tertiary/aromatic N) is 2. The minimum absolute atomic E-state index is 0.0357. The Balaban J connectivity index is 1.64. The summed E-state index contributed by atoms with van der Waals surface area (Å²) in [5.74, 6) is 0.582. The van der Waals surface area contributed by atoms with E-state index >= 15 is 0 Å². The van der Waals surface area contributed by atoms with Crippen LogP contribution in [0, 0.1) is 0 Å². The number of aromatic amines is 1. The van der Waals surface area contributed by atoms with E-state index in [0.29, 0.717) is 31.0 Å². The van der Waals surface area contributed by atoms with Crippen LogP contribution in [-0.4, -0.2) is 53.2 Å². The van der Waals surface area contributed by atoms with Gasteiger partial charge in [-0.05, 0) is 12.5 Å². The Morgan fingerprint density at radius 1 is 1.42 bits per heavy atom. The van der Waals surface area contributed by atoms with Crippen LogP contribution in [0.1, 0.15) is 39.1 Å². The second-order valence-electron chi connectivity index (χ2n) is 5.68. The van der Waals surface area contributed by atoms with Crippen molar-refractivity contribution >= 4 is 11.8 Å². The van der Waals surface area contributed by atoms with Crippen LogP contribution >= 0.6 is 0 Å². The van der Waals surface area contributed by atoms with Gasteiger partial charge in [-0.1, -0.05) is 0 Å². The van der Waals surface area contributed by atoms with Crippen molar-refractivity contribution in [3.8, 4) is 0 Å². The lowest BCUT2D eigenvalue weighted by Gasteiger charge is -2.16. The molecule has 2 aromatic heterocycles. The van der Waals surface area contributed by atoms with Crippen molar-refractivity contribution in [2.45, 2.75) is 18.9 Å². The van der Waals surface area contributed by atoms with Gasteiger partial charge in [0, 0.05) is 39.0 Å². The number of carbonyl (C=O) groups excluding carboxylic acids is 2. The van der Waals surface area contributed by atoms with Gasteiger partial charge in [-0.15, -0.1) is 0 Å². The van der Waals surface area contributed by atoms with Crippen LogP contribution in [0.15, 0.2) is 24.7 Å². The fourth-order valence-corrected chi connectivity index (χ4v) is 2.91. The number of methoxy groups -OCH3 is 1. The van der Waals surface area contributed by atoms with Crippen molar-refractivity contribution < 1.29 is 14.3 Å². The first-order chi connectivity index (χ1) is 11.7. The number of fused-ring (bicyclic) bond motifs is 1.